The molecule has 1 atom stereocenters. The van der Waals surface area contributed by atoms with Crippen LogP contribution in [0.4, 0.5) is 13.2 Å². The van der Waals surface area contributed by atoms with Crippen LogP contribution in [0.15, 0.2) is 48.7 Å². The van der Waals surface area contributed by atoms with Gasteiger partial charge in [0.2, 0.25) is 5.91 Å². The van der Waals surface area contributed by atoms with E-state index >= 15 is 0 Å². The number of amides is 1. The van der Waals surface area contributed by atoms with E-state index in [0.717, 1.165) is 12.1 Å². The molecule has 180 valence electrons. The van der Waals surface area contributed by atoms with Crippen molar-refractivity contribution in [1.29, 1.82) is 0 Å². The lowest BCUT2D eigenvalue weighted by molar-refractivity contribution is -0.274. The normalized spacial score (nSPS) is 15.6. The molecule has 1 aliphatic rings. The summed E-state index contributed by atoms with van der Waals surface area (Å²) in [5.74, 6) is -0.846. The molecule has 0 spiro atoms. The van der Waals surface area contributed by atoms with Gasteiger partial charge in [-0.2, -0.15) is 5.10 Å². The van der Waals surface area contributed by atoms with Crippen LogP contribution in [0.5, 0.6) is 5.75 Å². The second kappa shape index (κ2) is 9.41. The summed E-state index contributed by atoms with van der Waals surface area (Å²) in [6.45, 7) is -0.112. The van der Waals surface area contributed by atoms with Crippen molar-refractivity contribution in [3.63, 3.8) is 0 Å². The molecule has 3 N–H and O–H groups in total. The van der Waals surface area contributed by atoms with E-state index in [2.05, 4.69) is 14.8 Å². The second-order valence-electron chi connectivity index (χ2n) is 7.66. The zero-order valence-corrected chi connectivity index (χ0v) is 17.7. The Kier molecular flexibility index (Phi) is 6.55. The first-order chi connectivity index (χ1) is 16.2. The van der Waals surface area contributed by atoms with Crippen molar-refractivity contribution in [2.24, 2.45) is 0 Å². The summed E-state index contributed by atoms with van der Waals surface area (Å²) in [7, 11) is 0. The molecule has 2 aromatic heterocycles. The number of ether oxygens (including phenoxy) is 1. The summed E-state index contributed by atoms with van der Waals surface area (Å²) in [5.41, 5.74) is 1.69. The molecule has 1 saturated heterocycles. The van der Waals surface area contributed by atoms with E-state index in [1.165, 1.54) is 35.2 Å². The quantitative estimate of drug-likeness (QED) is 0.443. The van der Waals surface area contributed by atoms with Gasteiger partial charge in [-0.25, -0.2) is 9.67 Å². The lowest BCUT2D eigenvalue weighted by Crippen LogP contribution is -2.48. The van der Waals surface area contributed by atoms with Crippen molar-refractivity contribution in [3.8, 4) is 11.4 Å². The van der Waals surface area contributed by atoms with E-state index in [1.807, 2.05) is 0 Å². The summed E-state index contributed by atoms with van der Waals surface area (Å²) in [5, 5.41) is 33.8. The minimum absolute atomic E-state index is 0.197. The zero-order valence-electron chi connectivity index (χ0n) is 17.7. The fourth-order valence-corrected chi connectivity index (χ4v) is 3.81. The van der Waals surface area contributed by atoms with Gasteiger partial charge in [-0.05, 0) is 35.9 Å². The van der Waals surface area contributed by atoms with Gasteiger partial charge >= 0.3 is 6.36 Å². The van der Waals surface area contributed by atoms with Crippen LogP contribution in [-0.4, -0.2) is 73.6 Å². The van der Waals surface area contributed by atoms with E-state index in [0.29, 0.717) is 41.1 Å². The predicted molar refractivity (Wildman–Crippen MR) is 113 cm³/mol. The average molecular weight is 478 g/mol. The lowest BCUT2D eigenvalue weighted by atomic mass is 9.92. The molecule has 3 heterocycles. The molecule has 0 bridgehead atoms. The van der Waals surface area contributed by atoms with Crippen LogP contribution in [0.2, 0.25) is 0 Å². The molecular formula is C22H21F3N4O5. The maximum atomic E-state index is 12.5. The largest absolute Gasteiger partial charge is 0.573 e. The fraction of sp³-hybridized carbons (Fsp3) is 0.318. The van der Waals surface area contributed by atoms with E-state index in [-0.39, 0.29) is 24.2 Å². The van der Waals surface area contributed by atoms with Gasteiger partial charge in [-0.3, -0.25) is 4.79 Å². The highest BCUT2D eigenvalue weighted by atomic mass is 19.4. The first-order valence-electron chi connectivity index (χ1n) is 10.3. The molecule has 1 fully saturated rings. The number of carbonyl (C=O) groups excluding carboxylic acids is 1. The number of hydrogen-bond acceptors (Lipinski definition) is 7. The maximum Gasteiger partial charge on any atom is 0.573 e. The number of carbonyl (C=O) groups is 1. The van der Waals surface area contributed by atoms with Crippen molar-refractivity contribution >= 4 is 16.9 Å². The van der Waals surface area contributed by atoms with Gasteiger partial charge in [-0.1, -0.05) is 6.08 Å². The van der Waals surface area contributed by atoms with Gasteiger partial charge in [0, 0.05) is 36.7 Å². The summed E-state index contributed by atoms with van der Waals surface area (Å²) in [4.78, 5) is 18.0. The van der Waals surface area contributed by atoms with Gasteiger partial charge in [0.25, 0.3) is 0 Å². The van der Waals surface area contributed by atoms with E-state index in [1.54, 1.807) is 11.0 Å². The molecule has 9 nitrogen and oxygen atoms in total. The lowest BCUT2D eigenvalue weighted by Gasteiger charge is -2.38. The highest BCUT2D eigenvalue weighted by Gasteiger charge is 2.36. The molecule has 1 aromatic carbocycles. The standard InChI is InChI=1S/C22H21F3N4O5/c23-22(24,25)34-15-5-3-14(4-6-15)29-21-19(16(7-8-26-21)17(32)12-31)20(27-29)13-10-28(11-13)18(33)2-1-9-30/h1-8,13,17,30-32H,9-12H2. The van der Waals surface area contributed by atoms with Crippen molar-refractivity contribution in [3.05, 3.63) is 59.9 Å². The Morgan fingerprint density at radius 2 is 1.91 bits per heavy atom. The third-order valence-electron chi connectivity index (χ3n) is 5.42. The Morgan fingerprint density at radius 3 is 2.53 bits per heavy atom. The predicted octanol–water partition coefficient (Wildman–Crippen LogP) is 1.82. The van der Waals surface area contributed by atoms with Crippen molar-refractivity contribution < 1.29 is 38.0 Å². The van der Waals surface area contributed by atoms with Gasteiger partial charge in [0.15, 0.2) is 5.65 Å². The third kappa shape index (κ3) is 4.74. The minimum Gasteiger partial charge on any atom is -0.406 e. The number of benzene rings is 1. The fourth-order valence-electron chi connectivity index (χ4n) is 3.81. The van der Waals surface area contributed by atoms with Crippen molar-refractivity contribution in [2.45, 2.75) is 18.4 Å². The number of halogens is 3. The van der Waals surface area contributed by atoms with Crippen LogP contribution < -0.4 is 4.74 Å². The Labute approximate surface area is 191 Å². The van der Waals surface area contributed by atoms with Crippen LogP contribution in [-0.2, 0) is 4.79 Å². The number of likely N-dealkylation sites (tertiary alicyclic amines) is 1. The maximum absolute atomic E-state index is 12.5. The Morgan fingerprint density at radius 1 is 1.21 bits per heavy atom. The molecule has 1 amide bonds. The number of nitrogens with zero attached hydrogens (tertiary/aromatic N) is 4. The summed E-state index contributed by atoms with van der Waals surface area (Å²) in [6.07, 6.45) is -1.96. The number of hydrogen-bond donors (Lipinski definition) is 3. The number of pyridine rings is 1. The number of aliphatic hydroxyl groups is 3. The number of fused-ring (bicyclic) bond motifs is 1. The van der Waals surface area contributed by atoms with Crippen LogP contribution >= 0.6 is 0 Å². The molecule has 1 unspecified atom stereocenters. The third-order valence-corrected chi connectivity index (χ3v) is 5.42. The summed E-state index contributed by atoms with van der Waals surface area (Å²) in [6, 6.07) is 6.65. The number of aromatic nitrogens is 3. The molecule has 0 saturated carbocycles. The van der Waals surface area contributed by atoms with Gasteiger partial charge in [0.1, 0.15) is 11.9 Å². The molecule has 1 aliphatic heterocycles. The van der Waals surface area contributed by atoms with Crippen LogP contribution in [0.3, 0.4) is 0 Å². The molecule has 3 aromatic rings. The Balaban J connectivity index is 1.72. The zero-order chi connectivity index (χ0) is 24.5. The Bertz CT molecular complexity index is 1200. The molecule has 34 heavy (non-hydrogen) atoms. The van der Waals surface area contributed by atoms with Crippen LogP contribution in [0.1, 0.15) is 23.3 Å². The summed E-state index contributed by atoms with van der Waals surface area (Å²) < 4.78 is 42.8. The van der Waals surface area contributed by atoms with E-state index in [9.17, 15) is 28.2 Å². The molecule has 12 heteroatoms. The highest BCUT2D eigenvalue weighted by molar-refractivity contribution is 5.89. The van der Waals surface area contributed by atoms with Gasteiger partial charge in [0.05, 0.1) is 24.6 Å². The first kappa shape index (κ1) is 23.7. The average Bonchev–Trinajstić information content (AvgIpc) is 3.15. The summed E-state index contributed by atoms with van der Waals surface area (Å²) >= 11 is 0. The SMILES string of the molecule is O=C(C=CCO)N1CC(c2nn(-c3ccc(OC(F)(F)F)cc3)c3nccc(C(O)CO)c23)C1. The smallest absolute Gasteiger partial charge is 0.406 e. The van der Waals surface area contributed by atoms with Crippen LogP contribution in [0, 0.1) is 0 Å². The highest BCUT2D eigenvalue weighted by Crippen LogP contribution is 2.36. The molecule has 0 radical (unpaired) electrons. The van der Waals surface area contributed by atoms with Crippen molar-refractivity contribution in [1.82, 2.24) is 19.7 Å². The first-order valence-corrected chi connectivity index (χ1v) is 10.3. The number of alkyl halides is 3. The monoisotopic (exact) mass is 478 g/mol. The molecule has 0 aliphatic carbocycles. The minimum atomic E-state index is -4.82. The van der Waals surface area contributed by atoms with Gasteiger partial charge in [-0.15, -0.1) is 13.2 Å². The van der Waals surface area contributed by atoms with Crippen molar-refractivity contribution in [2.75, 3.05) is 26.3 Å². The molecular weight excluding hydrogens is 457 g/mol. The Hall–Kier alpha value is -3.48. The van der Waals surface area contributed by atoms with Crippen LogP contribution in [0.25, 0.3) is 16.7 Å². The van der Waals surface area contributed by atoms with E-state index < -0.39 is 19.1 Å². The van der Waals surface area contributed by atoms with E-state index in [4.69, 9.17) is 5.11 Å². The van der Waals surface area contributed by atoms with Gasteiger partial charge < -0.3 is 25.0 Å². The number of aliphatic hydroxyl groups excluding tert-OH is 3. The number of rotatable bonds is 7. The molecule has 4 rings (SSSR count). The second-order valence-corrected chi connectivity index (χ2v) is 7.66. The topological polar surface area (TPSA) is 121 Å².